The molecule has 6 nitrogen and oxygen atoms in total. The first kappa shape index (κ1) is 18.2. The van der Waals surface area contributed by atoms with Gasteiger partial charge in [0.2, 0.25) is 0 Å². The number of aryl methyl sites for hydroxylation is 2. The van der Waals surface area contributed by atoms with Crippen LogP contribution in [0.15, 0.2) is 41.0 Å². The number of morpholine rings is 1. The van der Waals surface area contributed by atoms with E-state index in [4.69, 9.17) is 14.3 Å². The number of furan rings is 1. The number of carbonyl (C=O) groups is 2. The number of hydrogen-bond acceptors (Lipinski definition) is 4. The molecule has 0 saturated carbocycles. The summed E-state index contributed by atoms with van der Waals surface area (Å²) in [7, 11) is 0. The van der Waals surface area contributed by atoms with Crippen molar-refractivity contribution >= 4 is 11.9 Å². The quantitative estimate of drug-likeness (QED) is 0.860. The molecule has 26 heavy (non-hydrogen) atoms. The van der Waals surface area contributed by atoms with E-state index in [0.717, 1.165) is 12.8 Å². The SMILES string of the molecule is Cc1coc(CC(=O)O)c1C(=O)N1CCOC(CCc2ccccc2)C1. The van der Waals surface area contributed by atoms with Gasteiger partial charge in [0.05, 0.1) is 24.5 Å². The van der Waals surface area contributed by atoms with Gasteiger partial charge < -0.3 is 19.2 Å². The highest BCUT2D eigenvalue weighted by atomic mass is 16.5. The number of aliphatic carboxylic acids is 1. The third kappa shape index (κ3) is 4.32. The van der Waals surface area contributed by atoms with Crippen molar-refractivity contribution in [2.45, 2.75) is 32.3 Å². The number of amides is 1. The van der Waals surface area contributed by atoms with Gasteiger partial charge in [-0.05, 0) is 25.3 Å². The Morgan fingerprint density at radius 3 is 2.77 bits per heavy atom. The van der Waals surface area contributed by atoms with Crippen molar-refractivity contribution in [2.24, 2.45) is 0 Å². The van der Waals surface area contributed by atoms with E-state index in [2.05, 4.69) is 12.1 Å². The predicted octanol–water partition coefficient (Wildman–Crippen LogP) is 2.69. The van der Waals surface area contributed by atoms with E-state index in [1.165, 1.54) is 11.8 Å². The van der Waals surface area contributed by atoms with E-state index in [9.17, 15) is 9.59 Å². The van der Waals surface area contributed by atoms with Crippen molar-refractivity contribution in [3.8, 4) is 0 Å². The second-order valence-corrected chi connectivity index (χ2v) is 6.56. The minimum Gasteiger partial charge on any atom is -0.481 e. The molecule has 1 aromatic heterocycles. The average Bonchev–Trinajstić information content (AvgIpc) is 3.00. The number of ether oxygens (including phenoxy) is 1. The maximum atomic E-state index is 12.9. The maximum absolute atomic E-state index is 12.9. The Labute approximate surface area is 152 Å². The van der Waals surface area contributed by atoms with E-state index in [1.54, 1.807) is 11.8 Å². The van der Waals surface area contributed by atoms with Gasteiger partial charge in [-0.2, -0.15) is 0 Å². The largest absolute Gasteiger partial charge is 0.481 e. The zero-order valence-electron chi connectivity index (χ0n) is 14.8. The summed E-state index contributed by atoms with van der Waals surface area (Å²) in [6.45, 7) is 3.24. The summed E-state index contributed by atoms with van der Waals surface area (Å²) < 4.78 is 11.1. The summed E-state index contributed by atoms with van der Waals surface area (Å²) in [5.41, 5.74) is 2.28. The molecule has 1 aromatic carbocycles. The van der Waals surface area contributed by atoms with Crippen LogP contribution in [0.2, 0.25) is 0 Å². The molecule has 2 heterocycles. The highest BCUT2D eigenvalue weighted by molar-refractivity contribution is 5.97. The van der Waals surface area contributed by atoms with Gasteiger partial charge in [0.25, 0.3) is 5.91 Å². The van der Waals surface area contributed by atoms with Gasteiger partial charge in [0, 0.05) is 18.7 Å². The fraction of sp³-hybridized carbons (Fsp3) is 0.400. The van der Waals surface area contributed by atoms with Crippen LogP contribution < -0.4 is 0 Å². The molecule has 6 heteroatoms. The highest BCUT2D eigenvalue weighted by Crippen LogP contribution is 2.22. The molecule has 1 saturated heterocycles. The molecule has 1 atom stereocenters. The zero-order valence-corrected chi connectivity index (χ0v) is 14.8. The van der Waals surface area contributed by atoms with Gasteiger partial charge in [-0.25, -0.2) is 0 Å². The van der Waals surface area contributed by atoms with E-state index in [0.29, 0.717) is 30.8 Å². The lowest BCUT2D eigenvalue weighted by Crippen LogP contribution is -2.46. The van der Waals surface area contributed by atoms with Crippen LogP contribution in [0.1, 0.15) is 33.7 Å². The van der Waals surface area contributed by atoms with Crippen LogP contribution in [-0.2, 0) is 22.4 Å². The van der Waals surface area contributed by atoms with Crippen LogP contribution in [0.5, 0.6) is 0 Å². The smallest absolute Gasteiger partial charge is 0.311 e. The molecule has 1 fully saturated rings. The molecule has 2 aromatic rings. The molecule has 138 valence electrons. The van der Waals surface area contributed by atoms with Crippen molar-refractivity contribution in [1.29, 1.82) is 0 Å². The van der Waals surface area contributed by atoms with Crippen molar-refractivity contribution in [3.63, 3.8) is 0 Å². The van der Waals surface area contributed by atoms with Gasteiger partial charge in [-0.15, -0.1) is 0 Å². The Balaban J connectivity index is 1.65. The first-order valence-electron chi connectivity index (χ1n) is 8.78. The number of hydrogen-bond donors (Lipinski definition) is 1. The van der Waals surface area contributed by atoms with Gasteiger partial charge in [-0.1, -0.05) is 30.3 Å². The molecule has 0 aliphatic carbocycles. The number of carboxylic acids is 1. The number of rotatable bonds is 6. The fourth-order valence-electron chi connectivity index (χ4n) is 3.26. The van der Waals surface area contributed by atoms with Crippen LogP contribution in [0.3, 0.4) is 0 Å². The molecule has 0 radical (unpaired) electrons. The van der Waals surface area contributed by atoms with E-state index in [-0.39, 0.29) is 24.2 Å². The standard InChI is InChI=1S/C20H23NO5/c1-14-13-26-17(11-18(22)23)19(14)20(24)21-9-10-25-16(12-21)8-7-15-5-3-2-4-6-15/h2-6,13,16H,7-12H2,1H3,(H,22,23). The third-order valence-electron chi connectivity index (χ3n) is 4.60. The summed E-state index contributed by atoms with van der Waals surface area (Å²) in [5.74, 6) is -0.982. The lowest BCUT2D eigenvalue weighted by molar-refractivity contribution is -0.136. The van der Waals surface area contributed by atoms with Crippen LogP contribution in [0.25, 0.3) is 0 Å². The van der Waals surface area contributed by atoms with Crippen molar-refractivity contribution in [2.75, 3.05) is 19.7 Å². The minimum atomic E-state index is -1.02. The Morgan fingerprint density at radius 2 is 2.04 bits per heavy atom. The highest BCUT2D eigenvalue weighted by Gasteiger charge is 2.29. The predicted molar refractivity (Wildman–Crippen MR) is 95.2 cm³/mol. The van der Waals surface area contributed by atoms with Gasteiger partial charge in [-0.3, -0.25) is 9.59 Å². The summed E-state index contributed by atoms with van der Waals surface area (Å²) in [4.78, 5) is 25.7. The Morgan fingerprint density at radius 1 is 1.27 bits per heavy atom. The summed E-state index contributed by atoms with van der Waals surface area (Å²) in [5, 5.41) is 9.01. The molecule has 0 bridgehead atoms. The Bertz CT molecular complexity index is 768. The number of benzene rings is 1. The van der Waals surface area contributed by atoms with Crippen LogP contribution in [-0.4, -0.2) is 47.7 Å². The summed E-state index contributed by atoms with van der Waals surface area (Å²) in [6.07, 6.45) is 2.85. The second kappa shape index (κ2) is 8.19. The molecule has 1 unspecified atom stereocenters. The second-order valence-electron chi connectivity index (χ2n) is 6.56. The molecule has 3 rings (SSSR count). The third-order valence-corrected chi connectivity index (χ3v) is 4.60. The molecular weight excluding hydrogens is 334 g/mol. The summed E-state index contributed by atoms with van der Waals surface area (Å²) >= 11 is 0. The van der Waals surface area contributed by atoms with Gasteiger partial charge in [0.1, 0.15) is 12.2 Å². The van der Waals surface area contributed by atoms with E-state index >= 15 is 0 Å². The lowest BCUT2D eigenvalue weighted by atomic mass is 10.0. The zero-order chi connectivity index (χ0) is 18.5. The van der Waals surface area contributed by atoms with Crippen LogP contribution in [0.4, 0.5) is 0 Å². The molecule has 1 N–H and O–H groups in total. The Hall–Kier alpha value is -2.60. The lowest BCUT2D eigenvalue weighted by Gasteiger charge is -2.33. The monoisotopic (exact) mass is 357 g/mol. The van der Waals surface area contributed by atoms with E-state index < -0.39 is 5.97 Å². The minimum absolute atomic E-state index is 0.0250. The number of carbonyl (C=O) groups excluding carboxylic acids is 1. The Kier molecular flexibility index (Phi) is 5.73. The van der Waals surface area contributed by atoms with Gasteiger partial charge in [0.15, 0.2) is 0 Å². The van der Waals surface area contributed by atoms with Crippen molar-refractivity contribution < 1.29 is 23.8 Å². The molecular formula is C20H23NO5. The summed E-state index contributed by atoms with van der Waals surface area (Å²) in [6, 6.07) is 10.2. The van der Waals surface area contributed by atoms with Crippen LogP contribution >= 0.6 is 0 Å². The average molecular weight is 357 g/mol. The maximum Gasteiger partial charge on any atom is 0.311 e. The first-order chi connectivity index (χ1) is 12.5. The number of carboxylic acid groups (broad SMARTS) is 1. The normalized spacial score (nSPS) is 17.3. The first-order valence-corrected chi connectivity index (χ1v) is 8.78. The number of nitrogens with zero attached hydrogens (tertiary/aromatic N) is 1. The topological polar surface area (TPSA) is 80.0 Å². The molecule has 1 amide bonds. The van der Waals surface area contributed by atoms with Crippen molar-refractivity contribution in [1.82, 2.24) is 4.90 Å². The van der Waals surface area contributed by atoms with Gasteiger partial charge >= 0.3 is 5.97 Å². The van der Waals surface area contributed by atoms with E-state index in [1.807, 2.05) is 18.2 Å². The molecule has 1 aliphatic heterocycles. The fourth-order valence-corrected chi connectivity index (χ4v) is 3.26. The van der Waals surface area contributed by atoms with Crippen LogP contribution in [0, 0.1) is 6.92 Å². The van der Waals surface area contributed by atoms with Crippen molar-refractivity contribution in [3.05, 3.63) is 59.0 Å². The molecule has 1 aliphatic rings. The molecule has 0 spiro atoms.